The van der Waals surface area contributed by atoms with Gasteiger partial charge in [-0.2, -0.15) is 4.98 Å². The standard InChI is InChI=1S/C22H25N5O2/c1-16-4-2-6-19(12-16)22-25-20(26-29-22)15-27-10-7-18(8-11-27)21(28)24-14-17-5-3-9-23-13-17/h2-6,9,12-13,18H,7-8,10-11,14-15H2,1H3,(H,24,28). The van der Waals surface area contributed by atoms with E-state index in [1.807, 2.05) is 43.3 Å². The van der Waals surface area contributed by atoms with E-state index in [1.165, 1.54) is 0 Å². The highest BCUT2D eigenvalue weighted by Crippen LogP contribution is 2.21. The average molecular weight is 391 g/mol. The van der Waals surface area contributed by atoms with Gasteiger partial charge in [-0.3, -0.25) is 14.7 Å². The topological polar surface area (TPSA) is 84.2 Å². The van der Waals surface area contributed by atoms with Gasteiger partial charge in [-0.25, -0.2) is 0 Å². The third kappa shape index (κ3) is 5.06. The van der Waals surface area contributed by atoms with Crippen molar-refractivity contribution in [2.24, 2.45) is 5.92 Å². The number of nitrogens with zero attached hydrogens (tertiary/aromatic N) is 4. The summed E-state index contributed by atoms with van der Waals surface area (Å²) in [7, 11) is 0. The van der Waals surface area contributed by atoms with Crippen LogP contribution in [0.2, 0.25) is 0 Å². The summed E-state index contributed by atoms with van der Waals surface area (Å²) in [5.41, 5.74) is 3.11. The van der Waals surface area contributed by atoms with Gasteiger partial charge in [-0.1, -0.05) is 28.9 Å². The van der Waals surface area contributed by atoms with E-state index >= 15 is 0 Å². The SMILES string of the molecule is Cc1cccc(-c2nc(CN3CCC(C(=O)NCc4cccnc4)CC3)no2)c1. The minimum Gasteiger partial charge on any atom is -0.352 e. The van der Waals surface area contributed by atoms with Crippen LogP contribution in [0.15, 0.2) is 53.3 Å². The van der Waals surface area contributed by atoms with Crippen LogP contribution in [-0.2, 0) is 17.9 Å². The lowest BCUT2D eigenvalue weighted by molar-refractivity contribution is -0.126. The molecule has 3 aromatic rings. The molecule has 7 heteroatoms. The van der Waals surface area contributed by atoms with Gasteiger partial charge in [0.2, 0.25) is 5.91 Å². The third-order valence-electron chi connectivity index (χ3n) is 5.25. The number of carbonyl (C=O) groups is 1. The summed E-state index contributed by atoms with van der Waals surface area (Å²) in [6, 6.07) is 11.9. The molecule has 3 heterocycles. The quantitative estimate of drug-likeness (QED) is 0.695. The number of pyridine rings is 1. The molecule has 0 atom stereocenters. The molecule has 0 saturated carbocycles. The van der Waals surface area contributed by atoms with Gasteiger partial charge in [0.05, 0.1) is 6.54 Å². The van der Waals surface area contributed by atoms with E-state index in [0.29, 0.717) is 24.8 Å². The summed E-state index contributed by atoms with van der Waals surface area (Å²) in [5.74, 6) is 1.40. The molecule has 4 rings (SSSR count). The summed E-state index contributed by atoms with van der Waals surface area (Å²) in [4.78, 5) is 23.3. The molecule has 1 aromatic carbocycles. The van der Waals surface area contributed by atoms with Crippen molar-refractivity contribution in [3.8, 4) is 11.5 Å². The molecule has 0 bridgehead atoms. The Bertz CT molecular complexity index is 949. The minimum atomic E-state index is 0.0519. The number of likely N-dealkylation sites (tertiary alicyclic amines) is 1. The molecular formula is C22H25N5O2. The Kier molecular flexibility index (Phi) is 5.95. The highest BCUT2D eigenvalue weighted by molar-refractivity contribution is 5.78. The molecule has 0 radical (unpaired) electrons. The maximum atomic E-state index is 12.4. The smallest absolute Gasteiger partial charge is 0.257 e. The molecule has 1 amide bonds. The number of aryl methyl sites for hydroxylation is 1. The lowest BCUT2D eigenvalue weighted by Crippen LogP contribution is -2.40. The molecule has 7 nitrogen and oxygen atoms in total. The third-order valence-corrected chi connectivity index (χ3v) is 5.25. The maximum absolute atomic E-state index is 12.4. The van der Waals surface area contributed by atoms with Gasteiger partial charge >= 0.3 is 0 Å². The number of hydrogen-bond acceptors (Lipinski definition) is 6. The fraction of sp³-hybridized carbons (Fsp3) is 0.364. The number of aromatic nitrogens is 3. The molecule has 1 N–H and O–H groups in total. The fourth-order valence-electron chi connectivity index (χ4n) is 3.60. The van der Waals surface area contributed by atoms with Gasteiger partial charge in [-0.05, 0) is 56.6 Å². The Morgan fingerprint density at radius 3 is 2.86 bits per heavy atom. The van der Waals surface area contributed by atoms with Gasteiger partial charge in [0.15, 0.2) is 5.82 Å². The summed E-state index contributed by atoms with van der Waals surface area (Å²) in [6.07, 6.45) is 5.18. The predicted molar refractivity (Wildman–Crippen MR) is 109 cm³/mol. The first-order valence-electron chi connectivity index (χ1n) is 9.96. The first-order valence-corrected chi connectivity index (χ1v) is 9.96. The molecule has 1 saturated heterocycles. The van der Waals surface area contributed by atoms with Crippen LogP contribution in [0.5, 0.6) is 0 Å². The normalized spacial score (nSPS) is 15.3. The van der Waals surface area contributed by atoms with Crippen LogP contribution in [0, 0.1) is 12.8 Å². The second-order valence-electron chi connectivity index (χ2n) is 7.51. The van der Waals surface area contributed by atoms with Crippen molar-refractivity contribution in [1.29, 1.82) is 0 Å². The van der Waals surface area contributed by atoms with Crippen LogP contribution in [0.3, 0.4) is 0 Å². The monoisotopic (exact) mass is 391 g/mol. The molecule has 1 aliphatic rings. The number of carbonyl (C=O) groups excluding carboxylic acids is 1. The number of rotatable bonds is 6. The van der Waals surface area contributed by atoms with Gasteiger partial charge < -0.3 is 9.84 Å². The number of nitrogens with one attached hydrogen (secondary N) is 1. The van der Waals surface area contributed by atoms with Gasteiger partial charge in [-0.15, -0.1) is 0 Å². The van der Waals surface area contributed by atoms with Crippen LogP contribution in [0.1, 0.15) is 29.8 Å². The zero-order valence-corrected chi connectivity index (χ0v) is 16.5. The van der Waals surface area contributed by atoms with E-state index in [9.17, 15) is 4.79 Å². The fourth-order valence-corrected chi connectivity index (χ4v) is 3.60. The molecule has 29 heavy (non-hydrogen) atoms. The van der Waals surface area contributed by atoms with Crippen molar-refractivity contribution in [2.45, 2.75) is 32.9 Å². The van der Waals surface area contributed by atoms with Crippen molar-refractivity contribution < 1.29 is 9.32 Å². The van der Waals surface area contributed by atoms with E-state index in [1.54, 1.807) is 12.4 Å². The summed E-state index contributed by atoms with van der Waals surface area (Å²) in [6.45, 7) is 4.90. The summed E-state index contributed by atoms with van der Waals surface area (Å²) in [5, 5.41) is 7.14. The van der Waals surface area contributed by atoms with E-state index in [2.05, 4.69) is 25.3 Å². The first-order chi connectivity index (χ1) is 14.2. The zero-order valence-electron chi connectivity index (χ0n) is 16.5. The van der Waals surface area contributed by atoms with Crippen LogP contribution in [-0.4, -0.2) is 39.0 Å². The Hall–Kier alpha value is -3.06. The Morgan fingerprint density at radius 1 is 1.24 bits per heavy atom. The van der Waals surface area contributed by atoms with Gasteiger partial charge in [0.1, 0.15) is 0 Å². The Balaban J connectivity index is 1.25. The van der Waals surface area contributed by atoms with E-state index < -0.39 is 0 Å². The number of benzene rings is 1. The highest BCUT2D eigenvalue weighted by atomic mass is 16.5. The van der Waals surface area contributed by atoms with Crippen LogP contribution in [0.25, 0.3) is 11.5 Å². The summed E-state index contributed by atoms with van der Waals surface area (Å²) < 4.78 is 5.42. The Morgan fingerprint density at radius 2 is 2.10 bits per heavy atom. The van der Waals surface area contributed by atoms with Gasteiger partial charge in [0, 0.05) is 30.4 Å². The summed E-state index contributed by atoms with van der Waals surface area (Å²) >= 11 is 0. The first kappa shape index (κ1) is 19.3. The molecule has 0 aliphatic carbocycles. The minimum absolute atomic E-state index is 0.0519. The molecule has 150 valence electrons. The van der Waals surface area contributed by atoms with Crippen molar-refractivity contribution in [3.05, 3.63) is 65.7 Å². The van der Waals surface area contributed by atoms with Crippen LogP contribution < -0.4 is 5.32 Å². The number of amides is 1. The second-order valence-corrected chi connectivity index (χ2v) is 7.51. The van der Waals surface area contributed by atoms with E-state index in [-0.39, 0.29) is 11.8 Å². The van der Waals surface area contributed by atoms with E-state index in [4.69, 9.17) is 4.52 Å². The highest BCUT2D eigenvalue weighted by Gasteiger charge is 2.25. The zero-order chi connectivity index (χ0) is 20.1. The molecule has 0 spiro atoms. The average Bonchev–Trinajstić information content (AvgIpc) is 3.22. The van der Waals surface area contributed by atoms with Gasteiger partial charge in [0.25, 0.3) is 5.89 Å². The van der Waals surface area contributed by atoms with E-state index in [0.717, 1.165) is 42.6 Å². The van der Waals surface area contributed by atoms with Crippen molar-refractivity contribution in [2.75, 3.05) is 13.1 Å². The molecule has 1 fully saturated rings. The van der Waals surface area contributed by atoms with Crippen LogP contribution >= 0.6 is 0 Å². The number of piperidine rings is 1. The lowest BCUT2D eigenvalue weighted by Gasteiger charge is -2.30. The van der Waals surface area contributed by atoms with Crippen molar-refractivity contribution in [1.82, 2.24) is 25.3 Å². The van der Waals surface area contributed by atoms with Crippen molar-refractivity contribution >= 4 is 5.91 Å². The molecule has 2 aromatic heterocycles. The molecule has 1 aliphatic heterocycles. The molecule has 0 unspecified atom stereocenters. The maximum Gasteiger partial charge on any atom is 0.257 e. The van der Waals surface area contributed by atoms with Crippen molar-refractivity contribution in [3.63, 3.8) is 0 Å². The Labute approximate surface area is 170 Å². The predicted octanol–water partition coefficient (Wildman–Crippen LogP) is 2.97. The second kappa shape index (κ2) is 8.96. The number of hydrogen-bond donors (Lipinski definition) is 1. The molecular weight excluding hydrogens is 366 g/mol. The largest absolute Gasteiger partial charge is 0.352 e. The lowest BCUT2D eigenvalue weighted by atomic mass is 9.96. The van der Waals surface area contributed by atoms with Crippen LogP contribution in [0.4, 0.5) is 0 Å².